The van der Waals surface area contributed by atoms with Crippen LogP contribution in [0.25, 0.3) is 10.8 Å². The summed E-state index contributed by atoms with van der Waals surface area (Å²) >= 11 is 0. The zero-order valence-electron chi connectivity index (χ0n) is 15.2. The van der Waals surface area contributed by atoms with E-state index in [1.54, 1.807) is 0 Å². The number of aliphatic hydroxyl groups is 1. The topological polar surface area (TPSA) is 41.5 Å². The van der Waals surface area contributed by atoms with Crippen LogP contribution in [0.3, 0.4) is 0 Å². The van der Waals surface area contributed by atoms with Crippen molar-refractivity contribution in [1.82, 2.24) is 5.32 Å². The van der Waals surface area contributed by atoms with Gasteiger partial charge < -0.3 is 15.2 Å². The third-order valence-corrected chi connectivity index (χ3v) is 4.55. The molecule has 0 aliphatic heterocycles. The van der Waals surface area contributed by atoms with Gasteiger partial charge in [0.1, 0.15) is 12.4 Å². The molecule has 3 aromatic carbocycles. The highest BCUT2D eigenvalue weighted by Crippen LogP contribution is 2.28. The number of ether oxygens (including phenoxy) is 1. The maximum absolute atomic E-state index is 8.87. The molecular formula is C23H27NO2. The van der Waals surface area contributed by atoms with Crippen molar-refractivity contribution in [1.29, 1.82) is 0 Å². The molecular weight excluding hydrogens is 322 g/mol. The monoisotopic (exact) mass is 349 g/mol. The van der Waals surface area contributed by atoms with Crippen molar-refractivity contribution in [2.75, 3.05) is 13.2 Å². The molecule has 0 heterocycles. The molecule has 3 rings (SSSR count). The normalized spacial score (nSPS) is 11.0. The minimum atomic E-state index is 0.279. The maximum Gasteiger partial charge on any atom is 0.124 e. The van der Waals surface area contributed by atoms with E-state index in [1.165, 1.54) is 21.9 Å². The Labute approximate surface area is 155 Å². The summed E-state index contributed by atoms with van der Waals surface area (Å²) in [5.74, 6) is 0.940. The first-order valence-electron chi connectivity index (χ1n) is 9.37. The van der Waals surface area contributed by atoms with Gasteiger partial charge in [-0.3, -0.25) is 0 Å². The quantitative estimate of drug-likeness (QED) is 0.523. The molecule has 2 N–H and O–H groups in total. The van der Waals surface area contributed by atoms with Crippen LogP contribution in [0.5, 0.6) is 5.75 Å². The Morgan fingerprint density at radius 1 is 0.808 bits per heavy atom. The maximum atomic E-state index is 8.87. The van der Waals surface area contributed by atoms with Crippen LogP contribution in [0.1, 0.15) is 30.4 Å². The molecule has 0 fully saturated rings. The predicted molar refractivity (Wildman–Crippen MR) is 107 cm³/mol. The molecule has 0 atom stereocenters. The minimum absolute atomic E-state index is 0.279. The van der Waals surface area contributed by atoms with Crippen molar-refractivity contribution in [3.8, 4) is 5.75 Å². The number of unbranched alkanes of at least 4 members (excludes halogenated alkanes) is 2. The second-order valence-electron chi connectivity index (χ2n) is 6.50. The van der Waals surface area contributed by atoms with Crippen LogP contribution in [0, 0.1) is 0 Å². The van der Waals surface area contributed by atoms with Gasteiger partial charge in [-0.1, -0.05) is 60.7 Å². The average molecular weight is 349 g/mol. The lowest BCUT2D eigenvalue weighted by Gasteiger charge is -2.15. The largest absolute Gasteiger partial charge is 0.489 e. The fraction of sp³-hybridized carbons (Fsp3) is 0.304. The van der Waals surface area contributed by atoms with Gasteiger partial charge in [0.2, 0.25) is 0 Å². The first kappa shape index (κ1) is 18.4. The van der Waals surface area contributed by atoms with E-state index in [0.717, 1.165) is 38.1 Å². The van der Waals surface area contributed by atoms with E-state index >= 15 is 0 Å². The number of hydrogen-bond donors (Lipinski definition) is 2. The summed E-state index contributed by atoms with van der Waals surface area (Å²) < 4.78 is 6.15. The number of rotatable bonds is 10. The number of benzene rings is 3. The van der Waals surface area contributed by atoms with E-state index in [2.05, 4.69) is 53.8 Å². The molecule has 0 unspecified atom stereocenters. The predicted octanol–water partition coefficient (Wildman–Crippen LogP) is 4.67. The van der Waals surface area contributed by atoms with Crippen LogP contribution in [0.15, 0.2) is 66.7 Å². The smallest absolute Gasteiger partial charge is 0.124 e. The number of fused-ring (bicyclic) bond motifs is 1. The van der Waals surface area contributed by atoms with Crippen LogP contribution in [0.4, 0.5) is 0 Å². The van der Waals surface area contributed by atoms with E-state index < -0.39 is 0 Å². The van der Waals surface area contributed by atoms with E-state index in [-0.39, 0.29) is 6.61 Å². The molecule has 3 nitrogen and oxygen atoms in total. The summed E-state index contributed by atoms with van der Waals surface area (Å²) in [5.41, 5.74) is 2.38. The molecule has 0 saturated heterocycles. The number of nitrogens with one attached hydrogen (secondary N) is 1. The summed E-state index contributed by atoms with van der Waals surface area (Å²) in [7, 11) is 0. The Kier molecular flexibility index (Phi) is 7.05. The molecule has 0 aromatic heterocycles. The van der Waals surface area contributed by atoms with E-state index in [1.807, 2.05) is 18.2 Å². The molecule has 136 valence electrons. The minimum Gasteiger partial charge on any atom is -0.489 e. The highest BCUT2D eigenvalue weighted by molar-refractivity contribution is 5.87. The average Bonchev–Trinajstić information content (AvgIpc) is 2.70. The summed E-state index contributed by atoms with van der Waals surface area (Å²) in [6.07, 6.45) is 3.00. The van der Waals surface area contributed by atoms with Gasteiger partial charge in [0.25, 0.3) is 0 Å². The van der Waals surface area contributed by atoms with Gasteiger partial charge >= 0.3 is 0 Å². The fourth-order valence-electron chi connectivity index (χ4n) is 3.12. The van der Waals surface area contributed by atoms with E-state index in [9.17, 15) is 0 Å². The molecule has 0 radical (unpaired) electrons. The second-order valence-corrected chi connectivity index (χ2v) is 6.50. The second kappa shape index (κ2) is 9.95. The Bertz CT molecular complexity index is 802. The van der Waals surface area contributed by atoms with Crippen LogP contribution in [0.2, 0.25) is 0 Å². The van der Waals surface area contributed by atoms with Crippen molar-refractivity contribution in [3.63, 3.8) is 0 Å². The Morgan fingerprint density at radius 2 is 1.62 bits per heavy atom. The summed E-state index contributed by atoms with van der Waals surface area (Å²) in [5, 5.41) is 14.9. The standard InChI is InChI=1S/C23H27NO2/c25-16-8-2-7-15-24-17-22-21-12-6-5-11-20(21)13-14-23(22)26-18-19-9-3-1-4-10-19/h1,3-6,9-14,24-25H,2,7-8,15-18H2. The van der Waals surface area contributed by atoms with Gasteiger partial charge in [-0.05, 0) is 48.2 Å². The van der Waals surface area contributed by atoms with Gasteiger partial charge in [0.05, 0.1) is 0 Å². The number of hydrogen-bond acceptors (Lipinski definition) is 3. The molecule has 0 aliphatic rings. The van der Waals surface area contributed by atoms with Crippen molar-refractivity contribution >= 4 is 10.8 Å². The summed E-state index contributed by atoms with van der Waals surface area (Å²) in [6.45, 7) is 2.58. The van der Waals surface area contributed by atoms with Crippen LogP contribution in [-0.2, 0) is 13.2 Å². The van der Waals surface area contributed by atoms with Gasteiger partial charge in [-0.2, -0.15) is 0 Å². The van der Waals surface area contributed by atoms with Gasteiger partial charge in [0, 0.05) is 18.7 Å². The fourth-order valence-corrected chi connectivity index (χ4v) is 3.12. The molecule has 0 amide bonds. The zero-order valence-corrected chi connectivity index (χ0v) is 15.2. The van der Waals surface area contributed by atoms with Gasteiger partial charge in [-0.15, -0.1) is 0 Å². The van der Waals surface area contributed by atoms with E-state index in [0.29, 0.717) is 6.61 Å². The SMILES string of the molecule is OCCCCCNCc1c(OCc2ccccc2)ccc2ccccc12. The highest BCUT2D eigenvalue weighted by atomic mass is 16.5. The van der Waals surface area contributed by atoms with Crippen molar-refractivity contribution in [2.24, 2.45) is 0 Å². The first-order valence-corrected chi connectivity index (χ1v) is 9.37. The Morgan fingerprint density at radius 3 is 2.46 bits per heavy atom. The number of aliphatic hydroxyl groups excluding tert-OH is 1. The third-order valence-electron chi connectivity index (χ3n) is 4.55. The molecule has 0 saturated carbocycles. The molecule has 3 aromatic rings. The van der Waals surface area contributed by atoms with Crippen molar-refractivity contribution in [3.05, 3.63) is 77.9 Å². The molecule has 26 heavy (non-hydrogen) atoms. The molecule has 0 bridgehead atoms. The van der Waals surface area contributed by atoms with Gasteiger partial charge in [0.15, 0.2) is 0 Å². The summed E-state index contributed by atoms with van der Waals surface area (Å²) in [4.78, 5) is 0. The van der Waals surface area contributed by atoms with Crippen molar-refractivity contribution < 1.29 is 9.84 Å². The van der Waals surface area contributed by atoms with E-state index in [4.69, 9.17) is 9.84 Å². The third kappa shape index (κ3) is 5.07. The lowest BCUT2D eigenvalue weighted by Crippen LogP contribution is -2.16. The van der Waals surface area contributed by atoms with Gasteiger partial charge in [-0.25, -0.2) is 0 Å². The lowest BCUT2D eigenvalue weighted by atomic mass is 10.0. The molecule has 0 spiro atoms. The van der Waals surface area contributed by atoms with Crippen LogP contribution < -0.4 is 10.1 Å². The first-order chi connectivity index (χ1) is 12.9. The molecule has 3 heteroatoms. The Balaban J connectivity index is 1.71. The van der Waals surface area contributed by atoms with Crippen molar-refractivity contribution in [2.45, 2.75) is 32.4 Å². The zero-order chi connectivity index (χ0) is 18.0. The summed E-state index contributed by atoms with van der Waals surface area (Å²) in [6, 6.07) is 22.9. The molecule has 0 aliphatic carbocycles. The van der Waals surface area contributed by atoms with Crippen LogP contribution >= 0.6 is 0 Å². The highest BCUT2D eigenvalue weighted by Gasteiger charge is 2.09. The van der Waals surface area contributed by atoms with Crippen LogP contribution in [-0.4, -0.2) is 18.3 Å². The Hall–Kier alpha value is -2.36. The lowest BCUT2D eigenvalue weighted by molar-refractivity contribution is 0.282.